The van der Waals surface area contributed by atoms with Crippen molar-refractivity contribution in [2.75, 3.05) is 26.2 Å². The minimum absolute atomic E-state index is 0.160. The molecule has 2 fully saturated rings. The summed E-state index contributed by atoms with van der Waals surface area (Å²) in [6, 6.07) is 14.1. The van der Waals surface area contributed by atoms with Crippen LogP contribution in [0.3, 0.4) is 0 Å². The number of aryl methyl sites for hydroxylation is 1. The van der Waals surface area contributed by atoms with Crippen molar-refractivity contribution in [1.29, 1.82) is 0 Å². The van der Waals surface area contributed by atoms with E-state index in [1.807, 2.05) is 46.3 Å². The van der Waals surface area contributed by atoms with E-state index in [1.165, 1.54) is 5.56 Å². The summed E-state index contributed by atoms with van der Waals surface area (Å²) in [5.41, 5.74) is 1.85. The van der Waals surface area contributed by atoms with E-state index in [0.29, 0.717) is 51.9 Å². The molecule has 2 aliphatic rings. The average Bonchev–Trinajstić information content (AvgIpc) is 3.08. The number of hydrogen-bond donors (Lipinski definition) is 0. The van der Waals surface area contributed by atoms with Crippen LogP contribution < -0.4 is 0 Å². The average molecular weight is 408 g/mol. The van der Waals surface area contributed by atoms with Gasteiger partial charge in [0.25, 0.3) is 0 Å². The van der Waals surface area contributed by atoms with Crippen LogP contribution in [0.1, 0.15) is 43.2 Å². The molecule has 1 aromatic heterocycles. The number of carbonyl (C=O) groups excluding carboxylic acids is 2. The van der Waals surface area contributed by atoms with Gasteiger partial charge >= 0.3 is 6.09 Å². The van der Waals surface area contributed by atoms with Crippen LogP contribution in [-0.2, 0) is 16.0 Å². The number of carbonyl (C=O) groups is 2. The summed E-state index contributed by atoms with van der Waals surface area (Å²) in [6.07, 6.45) is 5.91. The van der Waals surface area contributed by atoms with E-state index in [4.69, 9.17) is 4.74 Å². The first-order valence-electron chi connectivity index (χ1n) is 10.7. The third kappa shape index (κ3) is 4.64. The Bertz CT molecular complexity index is 864. The Kier molecular flexibility index (Phi) is 6.02. The van der Waals surface area contributed by atoms with E-state index in [9.17, 15) is 9.59 Å². The fourth-order valence-electron chi connectivity index (χ4n) is 4.43. The summed E-state index contributed by atoms with van der Waals surface area (Å²) in [7, 11) is 0. The summed E-state index contributed by atoms with van der Waals surface area (Å²) in [5, 5.41) is 0. The molecule has 1 atom stereocenters. The molecule has 2 saturated heterocycles. The molecule has 1 aromatic carbocycles. The Morgan fingerprint density at radius 2 is 1.93 bits per heavy atom. The normalized spacial score (nSPS) is 19.0. The van der Waals surface area contributed by atoms with Gasteiger partial charge in [0.05, 0.1) is 6.54 Å². The van der Waals surface area contributed by atoms with Crippen molar-refractivity contribution < 1.29 is 14.3 Å². The molecule has 30 heavy (non-hydrogen) atoms. The summed E-state index contributed by atoms with van der Waals surface area (Å²) in [4.78, 5) is 32.9. The van der Waals surface area contributed by atoms with E-state index < -0.39 is 5.60 Å². The molecule has 0 bridgehead atoms. The zero-order chi connectivity index (χ0) is 21.0. The Hall–Kier alpha value is -2.89. The van der Waals surface area contributed by atoms with Gasteiger partial charge in [-0.1, -0.05) is 43.3 Å². The topological polar surface area (TPSA) is 62.7 Å². The predicted octanol–water partition coefficient (Wildman–Crippen LogP) is 3.63. The van der Waals surface area contributed by atoms with Gasteiger partial charge in [-0.05, 0) is 29.5 Å². The molecule has 4 rings (SSSR count). The summed E-state index contributed by atoms with van der Waals surface area (Å²) < 4.78 is 5.84. The molecule has 2 amide bonds. The minimum atomic E-state index is -0.451. The zero-order valence-corrected chi connectivity index (χ0v) is 17.5. The lowest BCUT2D eigenvalue weighted by molar-refractivity contribution is -0.134. The Balaban J connectivity index is 1.27. The van der Waals surface area contributed by atoms with Crippen LogP contribution in [0, 0.1) is 0 Å². The van der Waals surface area contributed by atoms with Crippen molar-refractivity contribution in [3.8, 4) is 0 Å². The molecule has 6 nitrogen and oxygen atoms in total. The smallest absolute Gasteiger partial charge is 0.410 e. The third-order valence-electron chi connectivity index (χ3n) is 6.28. The van der Waals surface area contributed by atoms with Gasteiger partial charge in [-0.25, -0.2) is 4.79 Å². The van der Waals surface area contributed by atoms with E-state index in [-0.39, 0.29) is 17.9 Å². The largest absolute Gasteiger partial charge is 0.441 e. The van der Waals surface area contributed by atoms with Crippen molar-refractivity contribution in [3.05, 3.63) is 66.0 Å². The van der Waals surface area contributed by atoms with E-state index in [1.54, 1.807) is 6.20 Å². The maximum Gasteiger partial charge on any atom is 0.410 e. The SMILES string of the molecule is C[C@H](CN1CC2(CCN(C(=O)CCc3cccnc3)CC2)OC1=O)c1ccccc1. The first-order valence-corrected chi connectivity index (χ1v) is 10.7. The first kappa shape index (κ1) is 20.4. The highest BCUT2D eigenvalue weighted by molar-refractivity contribution is 5.76. The van der Waals surface area contributed by atoms with Crippen molar-refractivity contribution in [2.24, 2.45) is 0 Å². The Labute approximate surface area is 177 Å². The molecule has 0 saturated carbocycles. The number of piperidine rings is 1. The number of hydrogen-bond acceptors (Lipinski definition) is 4. The highest BCUT2D eigenvalue weighted by atomic mass is 16.6. The van der Waals surface area contributed by atoms with E-state index in [2.05, 4.69) is 24.0 Å². The standard InChI is InChI=1S/C24H29N3O3/c1-19(21-7-3-2-4-8-21)17-27-18-24(30-23(27)29)11-14-26(15-12-24)22(28)10-9-20-6-5-13-25-16-20/h2-8,13,16,19H,9-12,14-15,17-18H2,1H3/t19-/m1/s1. The Morgan fingerprint density at radius 3 is 2.63 bits per heavy atom. The molecule has 158 valence electrons. The van der Waals surface area contributed by atoms with Gasteiger partial charge in [0.2, 0.25) is 5.91 Å². The van der Waals surface area contributed by atoms with Crippen molar-refractivity contribution in [1.82, 2.24) is 14.8 Å². The first-order chi connectivity index (χ1) is 14.5. The minimum Gasteiger partial charge on any atom is -0.441 e. The third-order valence-corrected chi connectivity index (χ3v) is 6.28. The van der Waals surface area contributed by atoms with Gasteiger partial charge in [0.1, 0.15) is 5.60 Å². The lowest BCUT2D eigenvalue weighted by atomic mass is 9.90. The summed E-state index contributed by atoms with van der Waals surface area (Å²) >= 11 is 0. The second kappa shape index (κ2) is 8.86. The number of ether oxygens (including phenoxy) is 1. The maximum absolute atomic E-state index is 12.6. The molecule has 2 aliphatic heterocycles. The molecular weight excluding hydrogens is 378 g/mol. The Morgan fingerprint density at radius 1 is 1.17 bits per heavy atom. The van der Waals surface area contributed by atoms with Gasteiger partial charge in [-0.2, -0.15) is 0 Å². The van der Waals surface area contributed by atoms with Crippen LogP contribution in [0.2, 0.25) is 0 Å². The number of aromatic nitrogens is 1. The number of rotatable bonds is 6. The number of benzene rings is 1. The summed E-state index contributed by atoms with van der Waals surface area (Å²) in [6.45, 7) is 4.68. The molecule has 2 aromatic rings. The predicted molar refractivity (Wildman–Crippen MR) is 114 cm³/mol. The number of likely N-dealkylation sites (tertiary alicyclic amines) is 1. The fourth-order valence-corrected chi connectivity index (χ4v) is 4.43. The lowest BCUT2D eigenvalue weighted by Gasteiger charge is -2.37. The second-order valence-electron chi connectivity index (χ2n) is 8.49. The van der Waals surface area contributed by atoms with Crippen LogP contribution in [0.5, 0.6) is 0 Å². The molecular formula is C24H29N3O3. The fraction of sp³-hybridized carbons (Fsp3) is 0.458. The quantitative estimate of drug-likeness (QED) is 0.734. The van der Waals surface area contributed by atoms with Gasteiger partial charge in [0, 0.05) is 51.3 Å². The zero-order valence-electron chi connectivity index (χ0n) is 17.5. The van der Waals surface area contributed by atoms with Gasteiger partial charge < -0.3 is 14.5 Å². The molecule has 0 unspecified atom stereocenters. The van der Waals surface area contributed by atoms with Crippen molar-refractivity contribution in [2.45, 2.75) is 44.1 Å². The van der Waals surface area contributed by atoms with E-state index in [0.717, 1.165) is 5.56 Å². The van der Waals surface area contributed by atoms with Crippen LogP contribution in [0.25, 0.3) is 0 Å². The van der Waals surface area contributed by atoms with Crippen LogP contribution >= 0.6 is 0 Å². The molecule has 3 heterocycles. The number of nitrogens with zero attached hydrogens (tertiary/aromatic N) is 3. The van der Waals surface area contributed by atoms with Gasteiger partial charge in [-0.15, -0.1) is 0 Å². The van der Waals surface area contributed by atoms with Crippen molar-refractivity contribution in [3.63, 3.8) is 0 Å². The summed E-state index contributed by atoms with van der Waals surface area (Å²) in [5.74, 6) is 0.413. The van der Waals surface area contributed by atoms with Gasteiger partial charge in [-0.3, -0.25) is 9.78 Å². The molecule has 6 heteroatoms. The molecule has 0 aliphatic carbocycles. The molecule has 0 radical (unpaired) electrons. The van der Waals surface area contributed by atoms with Gasteiger partial charge in [0.15, 0.2) is 0 Å². The second-order valence-corrected chi connectivity index (χ2v) is 8.49. The number of amides is 2. The van der Waals surface area contributed by atoms with Crippen LogP contribution in [-0.4, -0.2) is 58.6 Å². The highest BCUT2D eigenvalue weighted by Gasteiger charge is 2.47. The monoisotopic (exact) mass is 407 g/mol. The lowest BCUT2D eigenvalue weighted by Crippen LogP contribution is -2.48. The highest BCUT2D eigenvalue weighted by Crippen LogP contribution is 2.34. The van der Waals surface area contributed by atoms with Crippen molar-refractivity contribution >= 4 is 12.0 Å². The molecule has 0 N–H and O–H groups in total. The number of pyridine rings is 1. The van der Waals surface area contributed by atoms with E-state index >= 15 is 0 Å². The van der Waals surface area contributed by atoms with Crippen LogP contribution in [0.4, 0.5) is 4.79 Å². The maximum atomic E-state index is 12.6. The van der Waals surface area contributed by atoms with Crippen LogP contribution in [0.15, 0.2) is 54.9 Å². The molecule has 1 spiro atoms.